The molecule has 0 saturated carbocycles. The van der Waals surface area contributed by atoms with Gasteiger partial charge in [-0.05, 0) is 144 Å². The second kappa shape index (κ2) is 40.6. The zero-order valence-electron chi connectivity index (χ0n) is 52.5. The summed E-state index contributed by atoms with van der Waals surface area (Å²) >= 11 is 0. The van der Waals surface area contributed by atoms with Gasteiger partial charge in [-0.1, -0.05) is 6.92 Å². The van der Waals surface area contributed by atoms with Gasteiger partial charge in [-0.3, -0.25) is 9.59 Å². The van der Waals surface area contributed by atoms with Crippen LogP contribution in [0.3, 0.4) is 0 Å². The number of ether oxygens (including phenoxy) is 2. The third-order valence-electron chi connectivity index (χ3n) is 16.4. The Balaban J connectivity index is 6.21. The average molecular weight is 1270 g/mol. The maximum absolute atomic E-state index is 14.0. The number of nitriles is 15. The fourth-order valence-electron chi connectivity index (χ4n) is 11.3. The average Bonchev–Trinajstić information content (AvgIpc) is 0.871. The highest BCUT2D eigenvalue weighted by molar-refractivity contribution is 7.88. The van der Waals surface area contributed by atoms with Crippen LogP contribution >= 0.6 is 0 Å². The molecule has 0 bridgehead atoms. The Kier molecular flexibility index (Phi) is 36.5. The highest BCUT2D eigenvalue weighted by Gasteiger charge is 2.52. The largest absolute Gasteiger partial charge is 0.464 e. The second-order valence-electron chi connectivity index (χ2n) is 24.7. The van der Waals surface area contributed by atoms with Gasteiger partial charge < -0.3 is 14.6 Å². The van der Waals surface area contributed by atoms with E-state index in [0.29, 0.717) is 6.92 Å². The van der Waals surface area contributed by atoms with Crippen molar-refractivity contribution in [3.05, 3.63) is 0 Å². The molecule has 0 spiro atoms. The van der Waals surface area contributed by atoms with Crippen molar-refractivity contribution in [3.63, 3.8) is 0 Å². The number of halogens is 3. The van der Waals surface area contributed by atoms with Crippen molar-refractivity contribution in [2.75, 3.05) is 19.4 Å². The predicted molar refractivity (Wildman–Crippen MR) is 313 cm³/mol. The zero-order chi connectivity index (χ0) is 69.8. The molecule has 0 aromatic rings. The number of hydrogen-bond acceptors (Lipinski definition) is 22. The minimum Gasteiger partial charge on any atom is -0.464 e. The molecule has 19 atom stereocenters. The van der Waals surface area contributed by atoms with E-state index in [4.69, 9.17) is 14.7 Å². The summed E-state index contributed by atoms with van der Waals surface area (Å²) in [5.74, 6) is -15.1. The molecule has 23 nitrogen and oxygen atoms in total. The van der Waals surface area contributed by atoms with Crippen LogP contribution in [0.25, 0.3) is 0 Å². The molecule has 19 unspecified atom stereocenters. The van der Waals surface area contributed by atoms with E-state index in [-0.39, 0.29) is 109 Å². The van der Waals surface area contributed by atoms with Crippen molar-refractivity contribution in [2.24, 2.45) is 99.6 Å². The fourth-order valence-corrected chi connectivity index (χ4v) is 11.8. The van der Waals surface area contributed by atoms with Crippen LogP contribution < -0.4 is 4.72 Å². The molecule has 0 amide bonds. The van der Waals surface area contributed by atoms with E-state index in [9.17, 15) is 110 Å². The first-order valence-corrected chi connectivity index (χ1v) is 31.6. The third-order valence-corrected chi connectivity index (χ3v) is 17.1. The lowest BCUT2D eigenvalue weighted by Gasteiger charge is -2.38. The minimum absolute atomic E-state index is 0.00653. The molecule has 0 saturated heterocycles. The number of nitrogens with one attached hydrogen (secondary N) is 1. The molecular weight excluding hydrogens is 1190 g/mol. The Morgan fingerprint density at radius 3 is 0.934 bits per heavy atom. The first-order valence-electron chi connectivity index (χ1n) is 29.7. The topological polar surface area (TPSA) is 476 Å². The van der Waals surface area contributed by atoms with Crippen molar-refractivity contribution < 1.29 is 45.8 Å². The Hall–Kier alpha value is -9.05. The first kappa shape index (κ1) is 82.0. The molecule has 91 heavy (non-hydrogen) atoms. The second-order valence-corrected chi connectivity index (χ2v) is 26.6. The summed E-state index contributed by atoms with van der Waals surface area (Å²) in [5.41, 5.74) is -6.64. The van der Waals surface area contributed by atoms with E-state index >= 15 is 0 Å². The Morgan fingerprint density at radius 1 is 0.440 bits per heavy atom. The third kappa shape index (κ3) is 30.3. The molecular formula is C64H79F3N16O7S. The zero-order valence-corrected chi connectivity index (χ0v) is 53.3. The summed E-state index contributed by atoms with van der Waals surface area (Å²) in [6, 6.07) is 31.3. The fraction of sp³-hybridized carbons (Fsp3) is 0.734. The van der Waals surface area contributed by atoms with Gasteiger partial charge >= 0.3 is 18.1 Å². The van der Waals surface area contributed by atoms with Gasteiger partial charge in [0.25, 0.3) is 0 Å². The number of carbonyl (C=O) groups is 2. The monoisotopic (exact) mass is 1270 g/mol. The van der Waals surface area contributed by atoms with Crippen LogP contribution in [0.15, 0.2) is 0 Å². The van der Waals surface area contributed by atoms with Crippen LogP contribution in [0.5, 0.6) is 0 Å². The predicted octanol–water partition coefficient (Wildman–Crippen LogP) is 10.5. The van der Waals surface area contributed by atoms with Crippen LogP contribution in [0.4, 0.5) is 13.2 Å². The number of alkyl halides is 3. The van der Waals surface area contributed by atoms with Gasteiger partial charge in [0.05, 0.1) is 108 Å². The molecule has 27 heteroatoms. The Bertz CT molecular complexity index is 3210. The number of hydrogen-bond donors (Lipinski definition) is 2. The molecule has 0 aliphatic carbocycles. The first-order chi connectivity index (χ1) is 42.7. The van der Waals surface area contributed by atoms with E-state index < -0.39 is 159 Å². The Morgan fingerprint density at radius 2 is 0.703 bits per heavy atom. The molecule has 0 heterocycles. The standard InChI is InChI=1S/C64H79F3N16O7S/c1-8-61(4,60(85)90-44(3)25-63(6,86)64(65,66)67)42-62(5,59(84)89-10-9-83-91(7,87)88)26-58(41-82)24-57(40-81)23-56(39-80)22-55(38-79)21-54(37-78)20-53(36-77)19-52(35-76)18-51(34-75)17-50(33-74)16-49(32-73)15-48(31-72)14-47(30-71)13-46(29-70)12-45(28-69)11-43(2)27-68/h43-58,83,86H,8-26,42H2,1-7H3. The van der Waals surface area contributed by atoms with Gasteiger partial charge in [0, 0.05) is 102 Å². The van der Waals surface area contributed by atoms with Crippen molar-refractivity contribution in [3.8, 4) is 91.0 Å². The van der Waals surface area contributed by atoms with Crippen molar-refractivity contribution in [2.45, 2.75) is 175 Å². The maximum atomic E-state index is 14.0. The number of nitrogens with zero attached hydrogens (tertiary/aromatic N) is 15. The maximum Gasteiger partial charge on any atom is 0.417 e. The summed E-state index contributed by atoms with van der Waals surface area (Å²) < 4.78 is 76.8. The summed E-state index contributed by atoms with van der Waals surface area (Å²) in [5, 5.41) is 161. The Labute approximate surface area is 534 Å². The quantitative estimate of drug-likeness (QED) is 0.0423. The van der Waals surface area contributed by atoms with Gasteiger partial charge in [-0.15, -0.1) is 0 Å². The molecule has 484 valence electrons. The smallest absolute Gasteiger partial charge is 0.417 e. The molecule has 0 aliphatic heterocycles. The van der Waals surface area contributed by atoms with E-state index in [2.05, 4.69) is 95.8 Å². The molecule has 0 aromatic carbocycles. The van der Waals surface area contributed by atoms with Crippen LogP contribution in [0.1, 0.15) is 157 Å². The van der Waals surface area contributed by atoms with E-state index in [1.165, 1.54) is 20.8 Å². The minimum atomic E-state index is -5.06. The lowest BCUT2D eigenvalue weighted by molar-refractivity contribution is -0.261. The van der Waals surface area contributed by atoms with Crippen LogP contribution in [0.2, 0.25) is 0 Å². The van der Waals surface area contributed by atoms with E-state index in [0.717, 1.165) is 13.2 Å². The summed E-state index contributed by atoms with van der Waals surface area (Å²) in [7, 11) is -3.72. The molecule has 0 radical (unpaired) electrons. The molecule has 0 fully saturated rings. The van der Waals surface area contributed by atoms with Crippen LogP contribution in [0, 0.1) is 270 Å². The molecule has 0 aromatic heterocycles. The lowest BCUT2D eigenvalue weighted by atomic mass is 9.67. The van der Waals surface area contributed by atoms with Gasteiger partial charge in [0.15, 0.2) is 5.60 Å². The van der Waals surface area contributed by atoms with Gasteiger partial charge in [0.1, 0.15) is 12.7 Å². The number of rotatable bonds is 42. The van der Waals surface area contributed by atoms with Gasteiger partial charge in [0.2, 0.25) is 10.0 Å². The number of carbonyl (C=O) groups excluding carboxylic acids is 2. The summed E-state index contributed by atoms with van der Waals surface area (Å²) in [6.45, 7) is 6.73. The van der Waals surface area contributed by atoms with E-state index in [1.807, 2.05) is 0 Å². The highest BCUT2D eigenvalue weighted by atomic mass is 32.2. The van der Waals surface area contributed by atoms with Crippen molar-refractivity contribution >= 4 is 22.0 Å². The summed E-state index contributed by atoms with van der Waals surface area (Å²) in [6.07, 6.45) is -8.36. The SMILES string of the molecule is CCC(C)(CC(C)(CC(C#N)CC(C#N)CC(C#N)CC(C#N)CC(C#N)CC(C#N)CC(C#N)CC(C#N)CC(C#N)CC(C#N)CC(C#N)CC(C#N)CC(C#N)CC(C#N)CC(C)C#N)C(=O)OCCNS(C)(=O)=O)C(=O)OC(C)CC(C)(O)C(F)(F)F. The van der Waals surface area contributed by atoms with Gasteiger partial charge in [-0.2, -0.15) is 92.1 Å². The van der Waals surface area contributed by atoms with Crippen molar-refractivity contribution in [1.82, 2.24) is 4.72 Å². The van der Waals surface area contributed by atoms with Crippen molar-refractivity contribution in [1.29, 1.82) is 78.9 Å². The molecule has 2 N–H and O–H groups in total. The molecule has 0 aliphatic rings. The number of sulfonamides is 1. The van der Waals surface area contributed by atoms with Crippen LogP contribution in [-0.2, 0) is 29.1 Å². The highest BCUT2D eigenvalue weighted by Crippen LogP contribution is 2.45. The number of aliphatic hydroxyl groups is 1. The molecule has 0 rings (SSSR count). The number of esters is 2. The summed E-state index contributed by atoms with van der Waals surface area (Å²) in [4.78, 5) is 27.7. The normalized spacial score (nSPS) is 18.3. The van der Waals surface area contributed by atoms with E-state index in [1.54, 1.807) is 6.92 Å². The van der Waals surface area contributed by atoms with Crippen LogP contribution in [-0.4, -0.2) is 62.8 Å². The van der Waals surface area contributed by atoms with Gasteiger partial charge in [-0.25, -0.2) is 13.1 Å². The lowest BCUT2D eigenvalue weighted by Crippen LogP contribution is -2.46.